The van der Waals surface area contributed by atoms with Gasteiger partial charge in [-0.05, 0) is 59.7 Å². The summed E-state index contributed by atoms with van der Waals surface area (Å²) in [6.45, 7) is 0. The highest BCUT2D eigenvalue weighted by Crippen LogP contribution is 2.31. The molecule has 40 heavy (non-hydrogen) atoms. The molecule has 0 aliphatic carbocycles. The molecule has 1 amide bonds. The molecule has 8 nitrogen and oxygen atoms in total. The van der Waals surface area contributed by atoms with E-state index in [1.54, 1.807) is 36.4 Å². The number of carbonyl (C=O) groups is 1. The number of anilines is 2. The van der Waals surface area contributed by atoms with Gasteiger partial charge in [-0.2, -0.15) is 13.2 Å². The summed E-state index contributed by atoms with van der Waals surface area (Å²) in [4.78, 5) is 23.6. The summed E-state index contributed by atoms with van der Waals surface area (Å²) < 4.78 is 66.5. The molecule has 204 valence electrons. The normalized spacial score (nSPS) is 12.0. The molecular formula is C28H20F3N3O5S. The van der Waals surface area contributed by atoms with Gasteiger partial charge in [-0.15, -0.1) is 0 Å². The second-order valence-corrected chi connectivity index (χ2v) is 10.1. The number of nitro benzene ring substituents is 1. The smallest absolute Gasteiger partial charge is 0.322 e. The van der Waals surface area contributed by atoms with Crippen molar-refractivity contribution in [2.24, 2.45) is 0 Å². The van der Waals surface area contributed by atoms with Crippen LogP contribution in [0.4, 0.5) is 30.2 Å². The van der Waals surface area contributed by atoms with E-state index in [9.17, 15) is 36.5 Å². The summed E-state index contributed by atoms with van der Waals surface area (Å²) in [5.41, 5.74) is -0.00421. The van der Waals surface area contributed by atoms with Crippen LogP contribution >= 0.6 is 0 Å². The van der Waals surface area contributed by atoms with Crippen LogP contribution in [0.3, 0.4) is 0 Å². The highest BCUT2D eigenvalue weighted by atomic mass is 32.2. The minimum Gasteiger partial charge on any atom is -0.322 e. The maximum Gasteiger partial charge on any atom is 0.416 e. The first-order chi connectivity index (χ1) is 18.9. The van der Waals surface area contributed by atoms with Crippen LogP contribution < -0.4 is 10.0 Å². The zero-order valence-corrected chi connectivity index (χ0v) is 21.2. The molecule has 0 bridgehead atoms. The average molecular weight is 568 g/mol. The molecule has 0 radical (unpaired) electrons. The van der Waals surface area contributed by atoms with Gasteiger partial charge in [-0.25, -0.2) is 8.42 Å². The van der Waals surface area contributed by atoms with Crippen molar-refractivity contribution in [3.05, 3.63) is 130 Å². The molecule has 0 aliphatic rings. The van der Waals surface area contributed by atoms with Crippen LogP contribution in [-0.2, 0) is 21.0 Å². The molecule has 12 heteroatoms. The van der Waals surface area contributed by atoms with Crippen LogP contribution in [0.15, 0.2) is 108 Å². The van der Waals surface area contributed by atoms with Crippen LogP contribution in [0.1, 0.15) is 16.7 Å². The van der Waals surface area contributed by atoms with Crippen LogP contribution in [0.25, 0.3) is 11.6 Å². The van der Waals surface area contributed by atoms with E-state index in [0.29, 0.717) is 17.2 Å². The van der Waals surface area contributed by atoms with Gasteiger partial charge in [0.05, 0.1) is 15.4 Å². The Morgan fingerprint density at radius 1 is 0.825 bits per heavy atom. The Labute approximate surface area is 227 Å². The number of hydrogen-bond donors (Lipinski definition) is 2. The van der Waals surface area contributed by atoms with E-state index in [-0.39, 0.29) is 27.5 Å². The number of rotatable bonds is 8. The van der Waals surface area contributed by atoms with Crippen molar-refractivity contribution in [3.63, 3.8) is 0 Å². The summed E-state index contributed by atoms with van der Waals surface area (Å²) in [5.74, 6) is -0.560. The third-order valence-electron chi connectivity index (χ3n) is 5.59. The molecule has 0 saturated heterocycles. The number of benzene rings is 4. The molecular weight excluding hydrogens is 547 g/mol. The summed E-state index contributed by atoms with van der Waals surface area (Å²) >= 11 is 0. The Kier molecular flexibility index (Phi) is 8.00. The predicted molar refractivity (Wildman–Crippen MR) is 145 cm³/mol. The maximum atomic E-state index is 13.2. The fourth-order valence-corrected chi connectivity index (χ4v) is 4.73. The van der Waals surface area contributed by atoms with E-state index in [1.807, 2.05) is 0 Å². The molecule has 0 fully saturated rings. The van der Waals surface area contributed by atoms with Gasteiger partial charge in [-0.1, -0.05) is 48.5 Å². The van der Waals surface area contributed by atoms with Crippen LogP contribution in [-0.4, -0.2) is 19.2 Å². The van der Waals surface area contributed by atoms with E-state index in [0.717, 1.165) is 12.1 Å². The van der Waals surface area contributed by atoms with Gasteiger partial charge >= 0.3 is 6.18 Å². The number of sulfonamides is 1. The van der Waals surface area contributed by atoms with E-state index in [4.69, 9.17) is 0 Å². The molecule has 0 saturated carbocycles. The Hall–Kier alpha value is -4.97. The van der Waals surface area contributed by atoms with E-state index in [1.165, 1.54) is 54.6 Å². The molecule has 0 aliphatic heterocycles. The first-order valence-electron chi connectivity index (χ1n) is 11.6. The quantitative estimate of drug-likeness (QED) is 0.108. The van der Waals surface area contributed by atoms with Crippen molar-refractivity contribution in [1.29, 1.82) is 0 Å². The first-order valence-corrected chi connectivity index (χ1v) is 13.0. The Morgan fingerprint density at radius 2 is 1.50 bits per heavy atom. The number of nitrogens with one attached hydrogen (secondary N) is 2. The van der Waals surface area contributed by atoms with Crippen molar-refractivity contribution in [2.45, 2.75) is 11.1 Å². The fraction of sp³-hybridized carbons (Fsp3) is 0.0357. The third-order valence-corrected chi connectivity index (χ3v) is 6.98. The number of amides is 1. The van der Waals surface area contributed by atoms with E-state index < -0.39 is 32.6 Å². The van der Waals surface area contributed by atoms with Gasteiger partial charge in [-0.3, -0.25) is 19.6 Å². The Morgan fingerprint density at radius 3 is 2.15 bits per heavy atom. The zero-order chi connectivity index (χ0) is 28.9. The predicted octanol–water partition coefficient (Wildman–Crippen LogP) is 6.59. The summed E-state index contributed by atoms with van der Waals surface area (Å²) in [6.07, 6.45) is -3.14. The Bertz CT molecular complexity index is 1690. The van der Waals surface area contributed by atoms with Crippen LogP contribution in [0.2, 0.25) is 0 Å². The van der Waals surface area contributed by atoms with Crippen LogP contribution in [0.5, 0.6) is 0 Å². The largest absolute Gasteiger partial charge is 0.416 e. The monoisotopic (exact) mass is 567 g/mol. The number of halogens is 3. The highest BCUT2D eigenvalue weighted by Gasteiger charge is 2.30. The van der Waals surface area contributed by atoms with Crippen molar-refractivity contribution < 1.29 is 31.3 Å². The summed E-state index contributed by atoms with van der Waals surface area (Å²) in [7, 11) is -4.23. The number of nitrogens with zero attached hydrogens (tertiary/aromatic N) is 1. The van der Waals surface area contributed by atoms with Crippen molar-refractivity contribution in [1.82, 2.24) is 0 Å². The molecule has 4 rings (SSSR count). The second-order valence-electron chi connectivity index (χ2n) is 8.44. The van der Waals surface area contributed by atoms with Gasteiger partial charge in [0.1, 0.15) is 0 Å². The number of non-ortho nitro benzene ring substituents is 1. The minimum absolute atomic E-state index is 0.142. The molecule has 0 heterocycles. The highest BCUT2D eigenvalue weighted by molar-refractivity contribution is 7.92. The zero-order valence-electron chi connectivity index (χ0n) is 20.4. The number of hydrogen-bond acceptors (Lipinski definition) is 5. The molecule has 0 aromatic heterocycles. The lowest BCUT2D eigenvalue weighted by molar-refractivity contribution is -0.384. The van der Waals surface area contributed by atoms with E-state index in [2.05, 4.69) is 10.0 Å². The third kappa shape index (κ3) is 6.91. The van der Waals surface area contributed by atoms with Gasteiger partial charge in [0.2, 0.25) is 0 Å². The Balaban J connectivity index is 1.56. The molecule has 4 aromatic rings. The molecule has 4 aromatic carbocycles. The summed E-state index contributed by atoms with van der Waals surface area (Å²) in [6, 6.07) is 23.2. The lowest BCUT2D eigenvalue weighted by Crippen LogP contribution is -2.15. The maximum absolute atomic E-state index is 13.2. The molecule has 0 atom stereocenters. The van der Waals surface area contributed by atoms with Gasteiger partial charge in [0.15, 0.2) is 0 Å². The van der Waals surface area contributed by atoms with Gasteiger partial charge in [0.25, 0.3) is 21.6 Å². The first kappa shape index (κ1) is 28.0. The lowest BCUT2D eigenvalue weighted by Gasteiger charge is -2.12. The van der Waals surface area contributed by atoms with Crippen molar-refractivity contribution in [3.8, 4) is 0 Å². The van der Waals surface area contributed by atoms with Crippen molar-refractivity contribution in [2.75, 3.05) is 10.0 Å². The fourth-order valence-electron chi connectivity index (χ4n) is 3.68. The van der Waals surface area contributed by atoms with Crippen molar-refractivity contribution >= 4 is 44.6 Å². The van der Waals surface area contributed by atoms with Gasteiger partial charge in [0, 0.05) is 29.1 Å². The summed E-state index contributed by atoms with van der Waals surface area (Å²) in [5, 5.41) is 13.8. The second kappa shape index (κ2) is 11.4. The molecule has 0 spiro atoms. The van der Waals surface area contributed by atoms with Gasteiger partial charge < -0.3 is 5.32 Å². The topological polar surface area (TPSA) is 118 Å². The number of nitro groups is 1. The van der Waals surface area contributed by atoms with E-state index >= 15 is 0 Å². The van der Waals surface area contributed by atoms with Crippen LogP contribution in [0, 0.1) is 10.1 Å². The molecule has 2 N–H and O–H groups in total. The average Bonchev–Trinajstić information content (AvgIpc) is 2.92. The number of carbonyl (C=O) groups excluding carboxylic acids is 1. The lowest BCUT2D eigenvalue weighted by atomic mass is 10.0. The molecule has 0 unspecified atom stereocenters. The standard InChI is InChI=1S/C28H20F3N3O5S/c29-28(30,31)21-9-5-10-23(18-21)33-40(38,39)25-14-12-22(13-15-25)32-27(35)26(20-7-2-1-3-8-20)17-19-6-4-11-24(16-19)34(36)37/h1-18,33H,(H,32,35)/b26-17+. The number of alkyl halides is 3. The minimum atomic E-state index is -4.64. The SMILES string of the molecule is O=C(Nc1ccc(S(=O)(=O)Nc2cccc(C(F)(F)F)c2)cc1)/C(=C/c1cccc([N+](=O)[O-])c1)c1ccccc1.